The van der Waals surface area contributed by atoms with Crippen LogP contribution in [0, 0.1) is 5.92 Å². The molecule has 2 fully saturated rings. The summed E-state index contributed by atoms with van der Waals surface area (Å²) in [4.78, 5) is 0. The summed E-state index contributed by atoms with van der Waals surface area (Å²) in [5.41, 5.74) is 0. The van der Waals surface area contributed by atoms with E-state index in [-0.39, 0.29) is 18.5 Å². The standard InChI is InChI=1S/C15H27F2NO5S2/c1-3-14(25(21,22)23)15(16,17)11(2)24(19,20)18-10-6-8-12-7-4-5-9-13(12)18/h11-14H,3-10H2,1-2H3,(H,21,22,23). The van der Waals surface area contributed by atoms with Crippen LogP contribution in [0.4, 0.5) is 8.78 Å². The van der Waals surface area contributed by atoms with Crippen molar-refractivity contribution in [3.8, 4) is 0 Å². The molecular formula is C15H27F2NO5S2. The van der Waals surface area contributed by atoms with E-state index >= 15 is 0 Å². The molecule has 0 aromatic carbocycles. The fourth-order valence-corrected chi connectivity index (χ4v) is 7.35. The van der Waals surface area contributed by atoms with E-state index < -0.39 is 43.0 Å². The second kappa shape index (κ2) is 7.36. The van der Waals surface area contributed by atoms with Gasteiger partial charge in [-0.2, -0.15) is 12.7 Å². The number of sulfonamides is 1. The SMILES string of the molecule is CCC(C(F)(F)C(C)S(=O)(=O)N1CCCC2CCCCC21)S(=O)(=O)O. The van der Waals surface area contributed by atoms with Gasteiger partial charge in [-0.1, -0.05) is 19.8 Å². The maximum absolute atomic E-state index is 14.7. The number of nitrogens with zero attached hydrogens (tertiary/aromatic N) is 1. The lowest BCUT2D eigenvalue weighted by Gasteiger charge is -2.45. The molecule has 148 valence electrons. The van der Waals surface area contributed by atoms with E-state index in [9.17, 15) is 25.6 Å². The van der Waals surface area contributed by atoms with Crippen molar-refractivity contribution >= 4 is 20.1 Å². The van der Waals surface area contributed by atoms with Crippen LogP contribution in [-0.2, 0) is 20.1 Å². The van der Waals surface area contributed by atoms with Gasteiger partial charge in [0.2, 0.25) is 10.0 Å². The molecule has 1 saturated carbocycles. The highest BCUT2D eigenvalue weighted by molar-refractivity contribution is 7.90. The van der Waals surface area contributed by atoms with Gasteiger partial charge in [-0.3, -0.25) is 4.55 Å². The van der Waals surface area contributed by atoms with Crippen LogP contribution in [0.1, 0.15) is 58.8 Å². The lowest BCUT2D eigenvalue weighted by Crippen LogP contribution is -2.58. The molecule has 4 atom stereocenters. The number of halogens is 2. The Bertz CT molecular complexity index is 678. The fourth-order valence-electron chi connectivity index (χ4n) is 4.24. The zero-order chi connectivity index (χ0) is 19.0. The van der Waals surface area contributed by atoms with E-state index in [1.807, 2.05) is 0 Å². The summed E-state index contributed by atoms with van der Waals surface area (Å²) >= 11 is 0. The maximum Gasteiger partial charge on any atom is 0.284 e. The minimum Gasteiger partial charge on any atom is -0.285 e. The highest BCUT2D eigenvalue weighted by Crippen LogP contribution is 2.40. The topological polar surface area (TPSA) is 91.8 Å². The molecule has 0 aromatic heterocycles. The predicted octanol–water partition coefficient (Wildman–Crippen LogP) is 2.66. The Morgan fingerprint density at radius 3 is 2.24 bits per heavy atom. The van der Waals surface area contributed by atoms with Gasteiger partial charge in [0.25, 0.3) is 16.0 Å². The average Bonchev–Trinajstić information content (AvgIpc) is 2.52. The number of piperidine rings is 1. The second-order valence-corrected chi connectivity index (χ2v) is 10.9. The van der Waals surface area contributed by atoms with E-state index in [2.05, 4.69) is 0 Å². The van der Waals surface area contributed by atoms with Gasteiger partial charge in [-0.05, 0) is 44.9 Å². The quantitative estimate of drug-likeness (QED) is 0.689. The minimum atomic E-state index is -5.06. The summed E-state index contributed by atoms with van der Waals surface area (Å²) < 4.78 is 88.1. The fraction of sp³-hybridized carbons (Fsp3) is 1.00. The van der Waals surface area contributed by atoms with Crippen molar-refractivity contribution in [3.05, 3.63) is 0 Å². The van der Waals surface area contributed by atoms with Crippen molar-refractivity contribution in [1.29, 1.82) is 0 Å². The van der Waals surface area contributed by atoms with Crippen molar-refractivity contribution < 1.29 is 30.2 Å². The van der Waals surface area contributed by atoms with Crippen molar-refractivity contribution in [2.75, 3.05) is 6.54 Å². The second-order valence-electron chi connectivity index (χ2n) is 7.14. The molecular weight excluding hydrogens is 376 g/mol. The lowest BCUT2D eigenvalue weighted by molar-refractivity contribution is -0.00900. The van der Waals surface area contributed by atoms with Crippen LogP contribution in [0.25, 0.3) is 0 Å². The van der Waals surface area contributed by atoms with E-state index in [0.29, 0.717) is 12.8 Å². The first-order valence-electron chi connectivity index (χ1n) is 8.78. The number of alkyl halides is 2. The van der Waals surface area contributed by atoms with E-state index in [1.165, 1.54) is 11.2 Å². The molecule has 1 aliphatic carbocycles. The summed E-state index contributed by atoms with van der Waals surface area (Å²) in [5.74, 6) is -3.90. The number of fused-ring (bicyclic) bond motifs is 1. The normalized spacial score (nSPS) is 29.0. The zero-order valence-electron chi connectivity index (χ0n) is 14.6. The third-order valence-electron chi connectivity index (χ3n) is 5.67. The van der Waals surface area contributed by atoms with Crippen LogP contribution < -0.4 is 0 Å². The molecule has 0 radical (unpaired) electrons. The molecule has 1 N–H and O–H groups in total. The molecule has 0 bridgehead atoms. The Hall–Kier alpha value is -0.320. The molecule has 0 amide bonds. The molecule has 2 aliphatic rings. The third kappa shape index (κ3) is 4.01. The molecule has 1 aliphatic heterocycles. The molecule has 1 heterocycles. The molecule has 1 saturated heterocycles. The van der Waals surface area contributed by atoms with Gasteiger partial charge >= 0.3 is 0 Å². The first-order chi connectivity index (χ1) is 11.4. The molecule has 25 heavy (non-hydrogen) atoms. The van der Waals surface area contributed by atoms with E-state index in [0.717, 1.165) is 32.6 Å². The highest BCUT2D eigenvalue weighted by atomic mass is 32.2. The summed E-state index contributed by atoms with van der Waals surface area (Å²) in [6, 6.07) is -0.281. The highest BCUT2D eigenvalue weighted by Gasteiger charge is 2.57. The predicted molar refractivity (Wildman–Crippen MR) is 90.6 cm³/mol. The van der Waals surface area contributed by atoms with Gasteiger partial charge in [-0.15, -0.1) is 0 Å². The summed E-state index contributed by atoms with van der Waals surface area (Å²) in [6.07, 6.45) is 4.36. The smallest absolute Gasteiger partial charge is 0.284 e. The van der Waals surface area contributed by atoms with Crippen LogP contribution in [0.15, 0.2) is 0 Å². The zero-order valence-corrected chi connectivity index (χ0v) is 16.2. The van der Waals surface area contributed by atoms with Gasteiger partial charge in [0.1, 0.15) is 5.25 Å². The maximum atomic E-state index is 14.7. The lowest BCUT2D eigenvalue weighted by atomic mass is 9.79. The molecule has 0 aromatic rings. The van der Waals surface area contributed by atoms with E-state index in [1.54, 1.807) is 0 Å². The summed E-state index contributed by atoms with van der Waals surface area (Å²) in [7, 11) is -9.46. The van der Waals surface area contributed by atoms with E-state index in [4.69, 9.17) is 4.55 Å². The largest absolute Gasteiger partial charge is 0.285 e. The monoisotopic (exact) mass is 403 g/mol. The molecule has 6 nitrogen and oxygen atoms in total. The Morgan fingerprint density at radius 1 is 1.12 bits per heavy atom. The van der Waals surface area contributed by atoms with Gasteiger partial charge in [-0.25, -0.2) is 17.2 Å². The minimum absolute atomic E-state index is 0.182. The van der Waals surface area contributed by atoms with Crippen LogP contribution >= 0.6 is 0 Å². The van der Waals surface area contributed by atoms with Gasteiger partial charge in [0.05, 0.1) is 0 Å². The van der Waals surface area contributed by atoms with Gasteiger partial charge in [0.15, 0.2) is 5.25 Å². The first-order valence-corrected chi connectivity index (χ1v) is 11.8. The Labute approximate surface area is 148 Å². The van der Waals surface area contributed by atoms with Crippen LogP contribution in [-0.4, -0.2) is 54.7 Å². The van der Waals surface area contributed by atoms with Gasteiger partial charge in [0, 0.05) is 12.6 Å². The average molecular weight is 404 g/mol. The van der Waals surface area contributed by atoms with Crippen molar-refractivity contribution in [2.24, 2.45) is 5.92 Å². The van der Waals surface area contributed by atoms with Crippen molar-refractivity contribution in [1.82, 2.24) is 4.31 Å². The Balaban J connectivity index is 2.33. The molecule has 2 rings (SSSR count). The summed E-state index contributed by atoms with van der Waals surface area (Å²) in [6.45, 7) is 2.21. The summed E-state index contributed by atoms with van der Waals surface area (Å²) in [5, 5.41) is -4.65. The third-order valence-corrected chi connectivity index (χ3v) is 9.35. The number of hydrogen-bond donors (Lipinski definition) is 1. The van der Waals surface area contributed by atoms with Crippen LogP contribution in [0.5, 0.6) is 0 Å². The van der Waals surface area contributed by atoms with Crippen LogP contribution in [0.2, 0.25) is 0 Å². The Kier molecular flexibility index (Phi) is 6.18. The molecule has 10 heteroatoms. The molecule has 0 spiro atoms. The van der Waals surface area contributed by atoms with Crippen molar-refractivity contribution in [3.63, 3.8) is 0 Å². The first kappa shape index (κ1) is 21.0. The van der Waals surface area contributed by atoms with Crippen LogP contribution in [0.3, 0.4) is 0 Å². The molecule has 4 unspecified atom stereocenters. The number of rotatable bonds is 6. The van der Waals surface area contributed by atoms with Crippen molar-refractivity contribution in [2.45, 2.75) is 81.3 Å². The Morgan fingerprint density at radius 2 is 1.68 bits per heavy atom. The van der Waals surface area contributed by atoms with Gasteiger partial charge < -0.3 is 0 Å². The number of hydrogen-bond acceptors (Lipinski definition) is 4.